The van der Waals surface area contributed by atoms with Gasteiger partial charge in [-0.25, -0.2) is 0 Å². The topological polar surface area (TPSA) is 83.8 Å². The predicted octanol–water partition coefficient (Wildman–Crippen LogP) is 1.79. The molecular formula is C10H18F2O5S. The normalized spacial score (nSPS) is 16.3. The average molecular weight is 288 g/mol. The van der Waals surface area contributed by atoms with E-state index < -0.39 is 34.2 Å². The fraction of sp³-hybridized carbons (Fsp3) is 0.800. The van der Waals surface area contributed by atoms with Crippen LogP contribution in [0, 0.1) is 5.92 Å². The van der Waals surface area contributed by atoms with Crippen LogP contribution in [-0.2, 0) is 14.9 Å². The van der Waals surface area contributed by atoms with Crippen molar-refractivity contribution in [3.05, 3.63) is 12.2 Å². The molecule has 0 heterocycles. The zero-order valence-electron chi connectivity index (χ0n) is 10.3. The highest BCUT2D eigenvalue weighted by Crippen LogP contribution is 2.33. The zero-order valence-corrected chi connectivity index (χ0v) is 11.1. The summed E-state index contributed by atoms with van der Waals surface area (Å²) in [6.07, 6.45) is -1.33. The SMILES string of the molecule is C=C(C)C(O)OCC(CCC)C(F)(F)S(=O)(=O)O. The second kappa shape index (κ2) is 6.55. The molecule has 0 rings (SSSR count). The first kappa shape index (κ1) is 17.4. The van der Waals surface area contributed by atoms with Crippen molar-refractivity contribution in [3.63, 3.8) is 0 Å². The molecule has 0 radical (unpaired) electrons. The molecule has 0 bridgehead atoms. The van der Waals surface area contributed by atoms with Gasteiger partial charge in [0.2, 0.25) is 0 Å². The smallest absolute Gasteiger partial charge is 0.364 e. The minimum absolute atomic E-state index is 0.171. The van der Waals surface area contributed by atoms with Crippen LogP contribution in [0.5, 0.6) is 0 Å². The number of hydrogen-bond donors (Lipinski definition) is 2. The first-order valence-electron chi connectivity index (χ1n) is 5.34. The highest BCUT2D eigenvalue weighted by atomic mass is 32.2. The summed E-state index contributed by atoms with van der Waals surface area (Å²) in [5.41, 5.74) is 0.209. The van der Waals surface area contributed by atoms with E-state index in [0.717, 1.165) is 0 Å². The summed E-state index contributed by atoms with van der Waals surface area (Å²) in [5, 5.41) is 4.93. The van der Waals surface area contributed by atoms with Crippen LogP contribution in [0.15, 0.2) is 12.2 Å². The molecule has 2 N–H and O–H groups in total. The van der Waals surface area contributed by atoms with Crippen molar-refractivity contribution in [3.8, 4) is 0 Å². The Morgan fingerprint density at radius 3 is 2.33 bits per heavy atom. The minimum atomic E-state index is -5.51. The van der Waals surface area contributed by atoms with Crippen molar-refractivity contribution in [1.29, 1.82) is 0 Å². The van der Waals surface area contributed by atoms with Gasteiger partial charge >= 0.3 is 15.4 Å². The van der Waals surface area contributed by atoms with E-state index in [1.165, 1.54) is 6.92 Å². The van der Waals surface area contributed by atoms with E-state index in [9.17, 15) is 22.3 Å². The first-order chi connectivity index (χ1) is 8.04. The molecule has 0 aromatic rings. The molecule has 0 saturated carbocycles. The number of aliphatic hydroxyl groups excluding tert-OH is 1. The van der Waals surface area contributed by atoms with Gasteiger partial charge in [0.1, 0.15) is 0 Å². The molecule has 2 unspecified atom stereocenters. The molecule has 2 atom stereocenters. The Morgan fingerprint density at radius 2 is 2.00 bits per heavy atom. The van der Waals surface area contributed by atoms with Gasteiger partial charge in [0.25, 0.3) is 0 Å². The third-order valence-electron chi connectivity index (χ3n) is 2.33. The van der Waals surface area contributed by atoms with Crippen LogP contribution < -0.4 is 0 Å². The molecule has 108 valence electrons. The largest absolute Gasteiger partial charge is 0.374 e. The van der Waals surface area contributed by atoms with Gasteiger partial charge < -0.3 is 9.84 Å². The van der Waals surface area contributed by atoms with E-state index in [4.69, 9.17) is 9.29 Å². The maximum absolute atomic E-state index is 13.4. The third-order valence-corrected chi connectivity index (χ3v) is 3.35. The molecule has 0 amide bonds. The van der Waals surface area contributed by atoms with Crippen LogP contribution in [0.3, 0.4) is 0 Å². The van der Waals surface area contributed by atoms with Crippen molar-refractivity contribution in [1.82, 2.24) is 0 Å². The Kier molecular flexibility index (Phi) is 6.35. The Labute approximate surface area is 105 Å². The van der Waals surface area contributed by atoms with Crippen LogP contribution in [0.25, 0.3) is 0 Å². The average Bonchev–Trinajstić information content (AvgIpc) is 2.21. The molecule has 0 fully saturated rings. The standard InChI is InChI=1S/C10H18F2O5S/c1-4-5-8(6-17-9(13)7(2)3)10(11,12)18(14,15)16/h8-9,13H,2,4-6H2,1,3H3,(H,14,15,16). The van der Waals surface area contributed by atoms with Gasteiger partial charge in [-0.1, -0.05) is 19.9 Å². The Bertz CT molecular complexity index is 380. The maximum Gasteiger partial charge on any atom is 0.374 e. The van der Waals surface area contributed by atoms with Crippen molar-refractivity contribution in [2.24, 2.45) is 5.92 Å². The third kappa shape index (κ3) is 4.60. The minimum Gasteiger partial charge on any atom is -0.364 e. The number of hydrogen-bond acceptors (Lipinski definition) is 4. The van der Waals surface area contributed by atoms with Gasteiger partial charge in [0.15, 0.2) is 6.29 Å². The molecule has 0 aliphatic heterocycles. The van der Waals surface area contributed by atoms with Crippen LogP contribution in [-0.4, -0.2) is 36.2 Å². The maximum atomic E-state index is 13.4. The van der Waals surface area contributed by atoms with Crippen molar-refractivity contribution < 1.29 is 31.6 Å². The van der Waals surface area contributed by atoms with Gasteiger partial charge in [0.05, 0.1) is 12.5 Å². The Balaban J connectivity index is 4.83. The van der Waals surface area contributed by atoms with E-state index in [1.807, 2.05) is 0 Å². The number of aliphatic hydroxyl groups is 1. The predicted molar refractivity (Wildman–Crippen MR) is 61.7 cm³/mol. The second-order valence-corrected chi connectivity index (χ2v) is 5.55. The monoisotopic (exact) mass is 288 g/mol. The van der Waals surface area contributed by atoms with Crippen molar-refractivity contribution >= 4 is 10.1 Å². The fourth-order valence-corrected chi connectivity index (χ4v) is 1.86. The van der Waals surface area contributed by atoms with E-state index >= 15 is 0 Å². The molecule has 0 aromatic heterocycles. The summed E-state index contributed by atoms with van der Waals surface area (Å²) < 4.78 is 61.3. The first-order valence-corrected chi connectivity index (χ1v) is 6.78. The number of alkyl halides is 2. The summed E-state index contributed by atoms with van der Waals surface area (Å²) in [6, 6.07) is 0. The molecule has 18 heavy (non-hydrogen) atoms. The molecule has 0 aliphatic rings. The van der Waals surface area contributed by atoms with E-state index in [0.29, 0.717) is 0 Å². The highest BCUT2D eigenvalue weighted by molar-refractivity contribution is 7.86. The van der Waals surface area contributed by atoms with E-state index in [-0.39, 0.29) is 18.4 Å². The summed E-state index contributed by atoms with van der Waals surface area (Å²) in [7, 11) is -5.51. The molecule has 8 heteroatoms. The highest BCUT2D eigenvalue weighted by Gasteiger charge is 2.51. The summed E-state index contributed by atoms with van der Waals surface area (Å²) in [4.78, 5) is 0. The molecule has 0 spiro atoms. The zero-order chi connectivity index (χ0) is 14.6. The van der Waals surface area contributed by atoms with Crippen molar-refractivity contribution in [2.45, 2.75) is 38.2 Å². The van der Waals surface area contributed by atoms with Crippen molar-refractivity contribution in [2.75, 3.05) is 6.61 Å². The van der Waals surface area contributed by atoms with Gasteiger partial charge in [0, 0.05) is 0 Å². The Morgan fingerprint density at radius 1 is 1.50 bits per heavy atom. The number of ether oxygens (including phenoxy) is 1. The summed E-state index contributed by atoms with van der Waals surface area (Å²) in [6.45, 7) is 5.68. The molecule has 0 aliphatic carbocycles. The molecule has 5 nitrogen and oxygen atoms in total. The van der Waals surface area contributed by atoms with Crippen LogP contribution >= 0.6 is 0 Å². The fourth-order valence-electron chi connectivity index (χ4n) is 1.26. The van der Waals surface area contributed by atoms with Gasteiger partial charge in [-0.2, -0.15) is 17.2 Å². The van der Waals surface area contributed by atoms with Gasteiger partial charge in [-0.15, -0.1) is 0 Å². The Hall–Kier alpha value is -0.570. The van der Waals surface area contributed by atoms with Crippen LogP contribution in [0.4, 0.5) is 8.78 Å². The summed E-state index contributed by atoms with van der Waals surface area (Å²) >= 11 is 0. The van der Waals surface area contributed by atoms with Crippen LogP contribution in [0.2, 0.25) is 0 Å². The lowest BCUT2D eigenvalue weighted by Crippen LogP contribution is -2.40. The molecule has 0 aromatic carbocycles. The lowest BCUT2D eigenvalue weighted by Gasteiger charge is -2.25. The lowest BCUT2D eigenvalue weighted by molar-refractivity contribution is -0.112. The summed E-state index contributed by atoms with van der Waals surface area (Å²) in [5.74, 6) is -1.73. The molecular weight excluding hydrogens is 270 g/mol. The number of rotatable bonds is 8. The second-order valence-electron chi connectivity index (χ2n) is 4.05. The van der Waals surface area contributed by atoms with E-state index in [1.54, 1.807) is 6.92 Å². The van der Waals surface area contributed by atoms with Gasteiger partial charge in [-0.05, 0) is 18.9 Å². The van der Waals surface area contributed by atoms with Gasteiger partial charge in [-0.3, -0.25) is 4.55 Å². The molecule has 0 saturated heterocycles. The lowest BCUT2D eigenvalue weighted by atomic mass is 10.1. The van der Waals surface area contributed by atoms with E-state index in [2.05, 4.69) is 6.58 Å². The number of halogens is 2. The van der Waals surface area contributed by atoms with Crippen LogP contribution in [0.1, 0.15) is 26.7 Å². The quantitative estimate of drug-likeness (QED) is 0.404.